The Kier molecular flexibility index (Phi) is 4.78. The van der Waals surface area contributed by atoms with Crippen LogP contribution >= 0.6 is 0 Å². The molecule has 20 heavy (non-hydrogen) atoms. The molecule has 0 radical (unpaired) electrons. The summed E-state index contributed by atoms with van der Waals surface area (Å²) in [6.45, 7) is 9.71. The van der Waals surface area contributed by atoms with Crippen molar-refractivity contribution in [2.45, 2.75) is 90.8 Å². The highest BCUT2D eigenvalue weighted by atomic mass is 16.2. The highest BCUT2D eigenvalue weighted by Gasteiger charge is 2.48. The minimum Gasteiger partial charge on any atom is -0.325 e. The minimum absolute atomic E-state index is 0.246. The molecule has 0 bridgehead atoms. The lowest BCUT2D eigenvalue weighted by Gasteiger charge is -2.39. The molecule has 3 nitrogen and oxygen atoms in total. The molecular formula is C17H32N2O. The third-order valence-electron chi connectivity index (χ3n) is 5.48. The van der Waals surface area contributed by atoms with Crippen LogP contribution in [0.15, 0.2) is 0 Å². The van der Waals surface area contributed by atoms with Crippen molar-refractivity contribution in [3.63, 3.8) is 0 Å². The Morgan fingerprint density at radius 1 is 1.20 bits per heavy atom. The Bertz CT molecular complexity index is 349. The second-order valence-electron chi connectivity index (χ2n) is 7.44. The maximum atomic E-state index is 12.8. The Morgan fingerprint density at radius 2 is 1.85 bits per heavy atom. The third kappa shape index (κ3) is 3.03. The fourth-order valence-electron chi connectivity index (χ4n) is 3.88. The summed E-state index contributed by atoms with van der Waals surface area (Å²) in [4.78, 5) is 15.0. The van der Waals surface area contributed by atoms with E-state index in [2.05, 4.69) is 37.9 Å². The molecule has 0 aromatic carbocycles. The van der Waals surface area contributed by atoms with Crippen LogP contribution in [0.2, 0.25) is 0 Å². The maximum absolute atomic E-state index is 12.8. The molecule has 2 atom stereocenters. The van der Waals surface area contributed by atoms with Crippen molar-refractivity contribution >= 4 is 5.91 Å². The summed E-state index contributed by atoms with van der Waals surface area (Å²) in [7, 11) is 0. The van der Waals surface area contributed by atoms with Crippen LogP contribution in [-0.2, 0) is 4.79 Å². The number of carbonyl (C=O) groups excluding carboxylic acids is 1. The molecule has 2 rings (SSSR count). The summed E-state index contributed by atoms with van der Waals surface area (Å²) in [5.74, 6) is 0.324. The number of rotatable bonds is 5. The number of amides is 1. The lowest BCUT2D eigenvalue weighted by Crippen LogP contribution is -2.45. The topological polar surface area (TPSA) is 32.3 Å². The average Bonchev–Trinajstić information content (AvgIpc) is 2.65. The Balaban J connectivity index is 2.12. The van der Waals surface area contributed by atoms with E-state index in [0.717, 1.165) is 25.8 Å². The smallest absolute Gasteiger partial charge is 0.243 e. The third-order valence-corrected chi connectivity index (χ3v) is 5.48. The van der Waals surface area contributed by atoms with E-state index in [1.807, 2.05) is 0 Å². The van der Waals surface area contributed by atoms with Gasteiger partial charge in [-0.15, -0.1) is 0 Å². The summed E-state index contributed by atoms with van der Waals surface area (Å²) in [5, 5.41) is 3.60. The van der Waals surface area contributed by atoms with E-state index in [-0.39, 0.29) is 11.7 Å². The van der Waals surface area contributed by atoms with Gasteiger partial charge in [-0.3, -0.25) is 10.1 Å². The van der Waals surface area contributed by atoms with Gasteiger partial charge < -0.3 is 4.90 Å². The predicted molar refractivity (Wildman–Crippen MR) is 83.4 cm³/mol. The number of hydrogen-bond donors (Lipinski definition) is 1. The van der Waals surface area contributed by atoms with Crippen LogP contribution < -0.4 is 5.32 Å². The second-order valence-corrected chi connectivity index (χ2v) is 7.44. The lowest BCUT2D eigenvalue weighted by atomic mass is 9.75. The minimum atomic E-state index is -0.342. The SMILES string of the molecule is CCCC1NC(C)(CC)C(=O)N1CC1(C)CCCCC1. The number of carbonyl (C=O) groups is 1. The fraction of sp³-hybridized carbons (Fsp3) is 0.941. The lowest BCUT2D eigenvalue weighted by molar-refractivity contribution is -0.134. The van der Waals surface area contributed by atoms with E-state index >= 15 is 0 Å². The van der Waals surface area contributed by atoms with Gasteiger partial charge in [-0.25, -0.2) is 0 Å². The fourth-order valence-corrected chi connectivity index (χ4v) is 3.88. The molecule has 1 amide bonds. The van der Waals surface area contributed by atoms with Crippen molar-refractivity contribution in [1.29, 1.82) is 0 Å². The number of hydrogen-bond acceptors (Lipinski definition) is 2. The molecule has 116 valence electrons. The van der Waals surface area contributed by atoms with Crippen molar-refractivity contribution in [3.05, 3.63) is 0 Å². The average molecular weight is 280 g/mol. The van der Waals surface area contributed by atoms with Gasteiger partial charge in [0.2, 0.25) is 5.91 Å². The first-order chi connectivity index (χ1) is 9.44. The second kappa shape index (κ2) is 6.05. The van der Waals surface area contributed by atoms with Gasteiger partial charge in [0.25, 0.3) is 0 Å². The first kappa shape index (κ1) is 15.8. The van der Waals surface area contributed by atoms with Gasteiger partial charge in [-0.2, -0.15) is 0 Å². The van der Waals surface area contributed by atoms with E-state index in [1.54, 1.807) is 0 Å². The highest BCUT2D eigenvalue weighted by Crippen LogP contribution is 2.38. The zero-order valence-electron chi connectivity index (χ0n) is 13.8. The molecular weight excluding hydrogens is 248 g/mol. The summed E-state index contributed by atoms with van der Waals surface area (Å²) in [5.41, 5.74) is -0.00850. The molecule has 1 saturated carbocycles. The molecule has 2 unspecified atom stereocenters. The van der Waals surface area contributed by atoms with E-state index in [1.165, 1.54) is 32.1 Å². The van der Waals surface area contributed by atoms with Crippen molar-refractivity contribution in [2.75, 3.05) is 6.54 Å². The van der Waals surface area contributed by atoms with Crippen molar-refractivity contribution in [1.82, 2.24) is 10.2 Å². The Labute approximate surface area is 124 Å². The molecule has 2 aliphatic rings. The molecule has 0 aromatic heterocycles. The van der Waals surface area contributed by atoms with Crippen LogP contribution in [0.25, 0.3) is 0 Å². The van der Waals surface area contributed by atoms with Gasteiger partial charge >= 0.3 is 0 Å². The molecule has 1 heterocycles. The first-order valence-corrected chi connectivity index (χ1v) is 8.53. The molecule has 1 saturated heterocycles. The van der Waals surface area contributed by atoms with Crippen LogP contribution in [0.4, 0.5) is 0 Å². The molecule has 0 spiro atoms. The van der Waals surface area contributed by atoms with E-state index in [4.69, 9.17) is 0 Å². The van der Waals surface area contributed by atoms with Gasteiger partial charge in [0.05, 0.1) is 11.7 Å². The number of nitrogens with zero attached hydrogens (tertiary/aromatic N) is 1. The zero-order valence-corrected chi connectivity index (χ0v) is 13.8. The van der Waals surface area contributed by atoms with Crippen LogP contribution in [0.3, 0.4) is 0 Å². The summed E-state index contributed by atoms with van der Waals surface area (Å²) in [6.07, 6.45) is 9.89. The van der Waals surface area contributed by atoms with Gasteiger partial charge in [-0.1, -0.05) is 46.5 Å². The summed E-state index contributed by atoms with van der Waals surface area (Å²) in [6, 6.07) is 0. The molecule has 1 aliphatic carbocycles. The Hall–Kier alpha value is -0.570. The zero-order chi connectivity index (χ0) is 14.8. The predicted octanol–water partition coefficient (Wildman–Crippen LogP) is 3.68. The van der Waals surface area contributed by atoms with Gasteiger partial charge in [0, 0.05) is 6.54 Å². The maximum Gasteiger partial charge on any atom is 0.243 e. The summed E-state index contributed by atoms with van der Waals surface area (Å²) >= 11 is 0. The summed E-state index contributed by atoms with van der Waals surface area (Å²) < 4.78 is 0. The van der Waals surface area contributed by atoms with Crippen LogP contribution in [0.5, 0.6) is 0 Å². The van der Waals surface area contributed by atoms with E-state index in [0.29, 0.717) is 11.3 Å². The quantitative estimate of drug-likeness (QED) is 0.833. The number of nitrogens with one attached hydrogen (secondary N) is 1. The molecule has 0 aromatic rings. The first-order valence-electron chi connectivity index (χ1n) is 8.53. The largest absolute Gasteiger partial charge is 0.325 e. The standard InChI is InChI=1S/C17H32N2O/c1-5-10-14-18-17(4,6-2)15(20)19(14)13-16(3)11-8-7-9-12-16/h14,18H,5-13H2,1-4H3. The Morgan fingerprint density at radius 3 is 2.40 bits per heavy atom. The highest BCUT2D eigenvalue weighted by molar-refractivity contribution is 5.88. The van der Waals surface area contributed by atoms with E-state index in [9.17, 15) is 4.79 Å². The van der Waals surface area contributed by atoms with Crippen molar-refractivity contribution < 1.29 is 4.79 Å². The van der Waals surface area contributed by atoms with Gasteiger partial charge in [0.1, 0.15) is 0 Å². The molecule has 1 aliphatic heterocycles. The molecule has 2 fully saturated rings. The van der Waals surface area contributed by atoms with E-state index < -0.39 is 0 Å². The van der Waals surface area contributed by atoms with Gasteiger partial charge in [0.15, 0.2) is 0 Å². The van der Waals surface area contributed by atoms with Crippen molar-refractivity contribution in [2.24, 2.45) is 5.41 Å². The van der Waals surface area contributed by atoms with Crippen LogP contribution in [0.1, 0.15) is 79.1 Å². The van der Waals surface area contributed by atoms with Crippen LogP contribution in [-0.4, -0.2) is 29.1 Å². The normalized spacial score (nSPS) is 33.7. The monoisotopic (exact) mass is 280 g/mol. The molecule has 3 heteroatoms. The molecule has 1 N–H and O–H groups in total. The van der Waals surface area contributed by atoms with Crippen molar-refractivity contribution in [3.8, 4) is 0 Å². The van der Waals surface area contributed by atoms with Crippen LogP contribution in [0, 0.1) is 5.41 Å². The van der Waals surface area contributed by atoms with Gasteiger partial charge in [-0.05, 0) is 38.0 Å².